The summed E-state index contributed by atoms with van der Waals surface area (Å²) in [5.74, 6) is 1.08. The van der Waals surface area contributed by atoms with Crippen LogP contribution in [0.5, 0.6) is 17.2 Å². The number of piperidine rings is 1. The molecule has 2 N–H and O–H groups in total. The number of likely N-dealkylation sites (tertiary alicyclic amines) is 1. The lowest BCUT2D eigenvalue weighted by atomic mass is 9.93. The topological polar surface area (TPSA) is 70.0 Å². The molecule has 34 heavy (non-hydrogen) atoms. The van der Waals surface area contributed by atoms with Crippen molar-refractivity contribution in [3.05, 3.63) is 97.4 Å². The van der Waals surface area contributed by atoms with Crippen LogP contribution in [0.25, 0.3) is 12.2 Å². The van der Waals surface area contributed by atoms with Crippen LogP contribution in [0.3, 0.4) is 0 Å². The number of aromatic hydroxyl groups is 2. The number of ether oxygens (including phenoxy) is 1. The summed E-state index contributed by atoms with van der Waals surface area (Å²) >= 11 is 6.68. The third kappa shape index (κ3) is 5.60. The van der Waals surface area contributed by atoms with E-state index in [1.165, 1.54) is 0 Å². The van der Waals surface area contributed by atoms with Gasteiger partial charge in [0.25, 0.3) is 0 Å². The Balaban J connectivity index is 1.72. The van der Waals surface area contributed by atoms with Gasteiger partial charge < -0.3 is 14.9 Å². The molecule has 0 atom stereocenters. The maximum atomic E-state index is 13.4. The van der Waals surface area contributed by atoms with Crippen LogP contribution in [-0.4, -0.2) is 41.1 Å². The minimum Gasteiger partial charge on any atom is -0.507 e. The molecule has 0 radical (unpaired) electrons. The van der Waals surface area contributed by atoms with E-state index in [2.05, 4.69) is 36.8 Å². The molecule has 0 saturated carbocycles. The summed E-state index contributed by atoms with van der Waals surface area (Å²) in [7, 11) is 1.65. The summed E-state index contributed by atoms with van der Waals surface area (Å²) in [4.78, 5) is 15.6. The lowest BCUT2D eigenvalue weighted by Gasteiger charge is -2.30. The molecule has 3 aromatic rings. The molecular weight excluding hydrogens is 562 g/mol. The van der Waals surface area contributed by atoms with Gasteiger partial charge in [-0.3, -0.25) is 9.69 Å². The molecule has 7 heteroatoms. The summed E-state index contributed by atoms with van der Waals surface area (Å²) in [6, 6.07) is 18.2. The zero-order chi connectivity index (χ0) is 24.2. The average Bonchev–Trinajstić information content (AvgIpc) is 2.82. The molecule has 0 spiro atoms. The Morgan fingerprint density at radius 3 is 1.91 bits per heavy atom. The Morgan fingerprint density at radius 1 is 0.882 bits per heavy atom. The quantitative estimate of drug-likeness (QED) is 0.350. The van der Waals surface area contributed by atoms with Gasteiger partial charge in [0.1, 0.15) is 17.2 Å². The molecule has 3 aromatic carbocycles. The van der Waals surface area contributed by atoms with Crippen LogP contribution in [0.2, 0.25) is 0 Å². The molecule has 4 rings (SSSR count). The number of phenolic OH excluding ortho intramolecular Hbond substituents is 2. The van der Waals surface area contributed by atoms with E-state index in [0.29, 0.717) is 39.7 Å². The van der Waals surface area contributed by atoms with Crippen molar-refractivity contribution in [1.29, 1.82) is 0 Å². The smallest absolute Gasteiger partial charge is 0.187 e. The first kappa shape index (κ1) is 24.3. The Bertz CT molecular complexity index is 1230. The Morgan fingerprint density at radius 2 is 1.41 bits per heavy atom. The van der Waals surface area contributed by atoms with Gasteiger partial charge in [-0.1, -0.05) is 30.3 Å². The zero-order valence-corrected chi connectivity index (χ0v) is 21.6. The largest absolute Gasteiger partial charge is 0.507 e. The summed E-state index contributed by atoms with van der Waals surface area (Å²) in [5, 5.41) is 19.6. The first-order chi connectivity index (χ1) is 16.3. The minimum absolute atomic E-state index is 0.0235. The maximum Gasteiger partial charge on any atom is 0.187 e. The molecule has 5 nitrogen and oxygen atoms in total. The van der Waals surface area contributed by atoms with Gasteiger partial charge in [0.05, 0.1) is 16.1 Å². The molecule has 1 saturated heterocycles. The third-order valence-corrected chi connectivity index (χ3v) is 6.85. The van der Waals surface area contributed by atoms with E-state index in [4.69, 9.17) is 4.74 Å². The number of methoxy groups -OCH3 is 1. The molecule has 0 bridgehead atoms. The second kappa shape index (κ2) is 10.6. The van der Waals surface area contributed by atoms with E-state index in [-0.39, 0.29) is 17.3 Å². The van der Waals surface area contributed by atoms with Gasteiger partial charge in [0, 0.05) is 36.3 Å². The van der Waals surface area contributed by atoms with Crippen molar-refractivity contribution in [2.45, 2.75) is 6.54 Å². The van der Waals surface area contributed by atoms with Gasteiger partial charge in [-0.05, 0) is 85.5 Å². The van der Waals surface area contributed by atoms with E-state index < -0.39 is 0 Å². The Labute approximate surface area is 215 Å². The molecule has 1 aliphatic rings. The van der Waals surface area contributed by atoms with Crippen molar-refractivity contribution < 1.29 is 19.7 Å². The van der Waals surface area contributed by atoms with Crippen molar-refractivity contribution in [2.75, 3.05) is 20.2 Å². The van der Waals surface area contributed by atoms with Gasteiger partial charge in [-0.25, -0.2) is 0 Å². The molecule has 0 amide bonds. The second-order valence-corrected chi connectivity index (χ2v) is 9.76. The van der Waals surface area contributed by atoms with Gasteiger partial charge in [-0.2, -0.15) is 0 Å². The minimum atomic E-state index is -0.0235. The normalized spacial score (nSPS) is 16.9. The van der Waals surface area contributed by atoms with Crippen LogP contribution in [0.1, 0.15) is 16.7 Å². The highest BCUT2D eigenvalue weighted by atomic mass is 79.9. The van der Waals surface area contributed by atoms with E-state index >= 15 is 0 Å². The highest BCUT2D eigenvalue weighted by Crippen LogP contribution is 2.30. The monoisotopic (exact) mass is 583 g/mol. The number of hydrogen-bond donors (Lipinski definition) is 2. The molecule has 0 unspecified atom stereocenters. The number of Topliss-reactive ketones (excluding diaryl/α,β-unsaturated/α-hetero) is 1. The number of benzene rings is 3. The van der Waals surface area contributed by atoms with E-state index in [9.17, 15) is 15.0 Å². The fraction of sp³-hybridized carbons (Fsp3) is 0.148. The molecule has 174 valence electrons. The molecule has 1 aliphatic heterocycles. The lowest BCUT2D eigenvalue weighted by molar-refractivity contribution is -0.113. The van der Waals surface area contributed by atoms with E-state index in [1.807, 2.05) is 36.4 Å². The highest BCUT2D eigenvalue weighted by Gasteiger charge is 2.27. The van der Waals surface area contributed by atoms with Crippen molar-refractivity contribution >= 4 is 49.8 Å². The maximum absolute atomic E-state index is 13.4. The van der Waals surface area contributed by atoms with Crippen molar-refractivity contribution in [1.82, 2.24) is 4.90 Å². The average molecular weight is 585 g/mol. The van der Waals surface area contributed by atoms with Crippen molar-refractivity contribution in [3.63, 3.8) is 0 Å². The first-order valence-electron chi connectivity index (χ1n) is 10.6. The number of ketones is 1. The SMILES string of the molecule is COc1ccccc1CN1C/C(=C\c2ccc(O)c(Br)c2)C(=O)/C(=C/c2ccc(O)c(Br)c2)C1. The van der Waals surface area contributed by atoms with Crippen LogP contribution >= 0.6 is 31.9 Å². The lowest BCUT2D eigenvalue weighted by Crippen LogP contribution is -2.37. The second-order valence-electron chi connectivity index (χ2n) is 8.05. The van der Waals surface area contributed by atoms with Crippen LogP contribution in [0, 0.1) is 0 Å². The Hall–Kier alpha value is -2.87. The van der Waals surface area contributed by atoms with Gasteiger partial charge in [-0.15, -0.1) is 0 Å². The summed E-state index contributed by atoms with van der Waals surface area (Å²) in [5.41, 5.74) is 3.99. The number of phenols is 2. The van der Waals surface area contributed by atoms with Gasteiger partial charge in [0.15, 0.2) is 5.78 Å². The summed E-state index contributed by atoms with van der Waals surface area (Å²) in [6.45, 7) is 1.57. The number of carbonyl (C=O) groups is 1. The molecule has 1 heterocycles. The van der Waals surface area contributed by atoms with Gasteiger partial charge in [0.2, 0.25) is 0 Å². The predicted molar refractivity (Wildman–Crippen MR) is 141 cm³/mol. The standard InChI is InChI=1S/C27H23Br2NO4/c1-34-26-5-3-2-4-19(26)14-30-15-20(10-17-6-8-24(31)22(28)12-17)27(33)21(16-30)11-18-7-9-25(32)23(29)13-18/h2-13,31-32H,14-16H2,1H3/b20-10+,21-11+. The molecule has 1 fully saturated rings. The van der Waals surface area contributed by atoms with Crippen LogP contribution in [0.15, 0.2) is 80.8 Å². The molecular formula is C27H23Br2NO4. The Kier molecular flexibility index (Phi) is 7.56. The third-order valence-electron chi connectivity index (χ3n) is 5.58. The predicted octanol–water partition coefficient (Wildman–Crippen LogP) is 6.18. The number of para-hydroxylation sites is 1. The summed E-state index contributed by atoms with van der Waals surface area (Å²) in [6.07, 6.45) is 3.73. The van der Waals surface area contributed by atoms with Gasteiger partial charge >= 0.3 is 0 Å². The zero-order valence-electron chi connectivity index (χ0n) is 18.5. The van der Waals surface area contributed by atoms with Crippen LogP contribution < -0.4 is 4.74 Å². The highest BCUT2D eigenvalue weighted by molar-refractivity contribution is 9.10. The molecule has 0 aliphatic carbocycles. The van der Waals surface area contributed by atoms with Crippen LogP contribution in [0.4, 0.5) is 0 Å². The van der Waals surface area contributed by atoms with E-state index in [1.54, 1.807) is 43.5 Å². The van der Waals surface area contributed by atoms with E-state index in [0.717, 1.165) is 22.4 Å². The fourth-order valence-corrected chi connectivity index (χ4v) is 4.72. The number of rotatable bonds is 5. The number of carbonyl (C=O) groups excluding carboxylic acids is 1. The number of hydrogen-bond acceptors (Lipinski definition) is 5. The van der Waals surface area contributed by atoms with Crippen LogP contribution in [-0.2, 0) is 11.3 Å². The number of halogens is 2. The first-order valence-corrected chi connectivity index (χ1v) is 12.2. The molecule has 0 aromatic heterocycles. The van der Waals surface area contributed by atoms with Crippen molar-refractivity contribution in [2.24, 2.45) is 0 Å². The summed E-state index contributed by atoms with van der Waals surface area (Å²) < 4.78 is 6.66. The van der Waals surface area contributed by atoms with Crippen molar-refractivity contribution in [3.8, 4) is 17.2 Å². The number of nitrogens with zero attached hydrogens (tertiary/aromatic N) is 1. The fourth-order valence-electron chi connectivity index (χ4n) is 3.92.